The van der Waals surface area contributed by atoms with Crippen LogP contribution in [0.4, 0.5) is 0 Å². The fourth-order valence-electron chi connectivity index (χ4n) is 3.28. The molecular formula is C17H27BrN2. The van der Waals surface area contributed by atoms with E-state index >= 15 is 0 Å². The number of benzene rings is 1. The molecule has 0 aliphatic carbocycles. The molecule has 1 aliphatic heterocycles. The third kappa shape index (κ3) is 4.31. The van der Waals surface area contributed by atoms with Gasteiger partial charge in [0.05, 0.1) is 0 Å². The molecule has 2 rings (SSSR count). The summed E-state index contributed by atoms with van der Waals surface area (Å²) in [6.07, 6.45) is 3.88. The molecule has 1 saturated heterocycles. The van der Waals surface area contributed by atoms with Crippen LogP contribution in [0.5, 0.6) is 0 Å². The van der Waals surface area contributed by atoms with E-state index in [0.717, 1.165) is 16.9 Å². The first kappa shape index (κ1) is 16.0. The van der Waals surface area contributed by atoms with Crippen LogP contribution < -0.4 is 5.32 Å². The predicted octanol–water partition coefficient (Wildman–Crippen LogP) is 4.22. The summed E-state index contributed by atoms with van der Waals surface area (Å²) in [7, 11) is 0. The molecule has 1 aromatic carbocycles. The first-order chi connectivity index (χ1) is 9.74. The average Bonchev–Trinajstić information content (AvgIpc) is 2.49. The lowest BCUT2D eigenvalue weighted by molar-refractivity contribution is 0.157. The van der Waals surface area contributed by atoms with Gasteiger partial charge in [-0.05, 0) is 62.5 Å². The first-order valence-corrected chi connectivity index (χ1v) is 8.74. The second-order valence-electron chi connectivity index (χ2n) is 5.78. The van der Waals surface area contributed by atoms with Gasteiger partial charge < -0.3 is 5.32 Å². The summed E-state index contributed by atoms with van der Waals surface area (Å²) in [6.45, 7) is 9.33. The van der Waals surface area contributed by atoms with E-state index in [1.807, 2.05) is 0 Å². The molecule has 0 aromatic heterocycles. The van der Waals surface area contributed by atoms with Crippen molar-refractivity contribution in [1.29, 1.82) is 0 Å². The summed E-state index contributed by atoms with van der Waals surface area (Å²) in [5.74, 6) is 0.813. The Morgan fingerprint density at radius 2 is 2.05 bits per heavy atom. The quantitative estimate of drug-likeness (QED) is 0.835. The van der Waals surface area contributed by atoms with Crippen LogP contribution in [0.15, 0.2) is 28.7 Å². The molecule has 1 N–H and O–H groups in total. The summed E-state index contributed by atoms with van der Waals surface area (Å²) >= 11 is 3.53. The summed E-state index contributed by atoms with van der Waals surface area (Å²) < 4.78 is 1.16. The molecule has 1 aromatic rings. The smallest absolute Gasteiger partial charge is 0.0345 e. The first-order valence-electron chi connectivity index (χ1n) is 7.94. The zero-order valence-corrected chi connectivity index (χ0v) is 14.3. The Hall–Kier alpha value is -0.380. The molecule has 0 bridgehead atoms. The van der Waals surface area contributed by atoms with E-state index in [-0.39, 0.29) is 0 Å². The van der Waals surface area contributed by atoms with Crippen molar-refractivity contribution < 1.29 is 0 Å². The molecule has 2 atom stereocenters. The van der Waals surface area contributed by atoms with Crippen molar-refractivity contribution in [3.05, 3.63) is 34.3 Å². The SMILES string of the molecule is CCC(c1ccc(Br)cc1)N(CC)CC1CCCNC1. The molecule has 0 amide bonds. The number of piperidine rings is 1. The van der Waals surface area contributed by atoms with Crippen LogP contribution in [0.2, 0.25) is 0 Å². The monoisotopic (exact) mass is 338 g/mol. The molecule has 112 valence electrons. The second-order valence-corrected chi connectivity index (χ2v) is 6.69. The Kier molecular flexibility index (Phi) is 6.53. The van der Waals surface area contributed by atoms with Crippen molar-refractivity contribution in [1.82, 2.24) is 10.2 Å². The van der Waals surface area contributed by atoms with Crippen LogP contribution in [0.1, 0.15) is 44.7 Å². The number of nitrogens with zero attached hydrogens (tertiary/aromatic N) is 1. The molecule has 1 heterocycles. The maximum Gasteiger partial charge on any atom is 0.0345 e. The summed E-state index contributed by atoms with van der Waals surface area (Å²) in [4.78, 5) is 2.65. The van der Waals surface area contributed by atoms with E-state index in [0.29, 0.717) is 6.04 Å². The van der Waals surface area contributed by atoms with E-state index < -0.39 is 0 Å². The van der Waals surface area contributed by atoms with Gasteiger partial charge in [0.15, 0.2) is 0 Å². The van der Waals surface area contributed by atoms with Crippen molar-refractivity contribution in [2.75, 3.05) is 26.2 Å². The van der Waals surface area contributed by atoms with Gasteiger partial charge in [0.1, 0.15) is 0 Å². The summed E-state index contributed by atoms with van der Waals surface area (Å²) in [6, 6.07) is 9.40. The Morgan fingerprint density at radius 1 is 1.30 bits per heavy atom. The maximum atomic E-state index is 3.54. The van der Waals surface area contributed by atoms with Gasteiger partial charge in [0.2, 0.25) is 0 Å². The number of halogens is 1. The summed E-state index contributed by atoms with van der Waals surface area (Å²) in [5, 5.41) is 3.54. The fourth-order valence-corrected chi connectivity index (χ4v) is 3.54. The minimum absolute atomic E-state index is 0.551. The van der Waals surface area contributed by atoms with E-state index in [2.05, 4.69) is 64.3 Å². The van der Waals surface area contributed by atoms with Gasteiger partial charge in [-0.15, -0.1) is 0 Å². The van der Waals surface area contributed by atoms with Crippen LogP contribution in [0.3, 0.4) is 0 Å². The molecule has 20 heavy (non-hydrogen) atoms. The Labute approximate surface area is 132 Å². The Morgan fingerprint density at radius 3 is 2.60 bits per heavy atom. The van der Waals surface area contributed by atoms with Crippen molar-refractivity contribution in [3.63, 3.8) is 0 Å². The van der Waals surface area contributed by atoms with Crippen molar-refractivity contribution in [2.45, 2.75) is 39.2 Å². The van der Waals surface area contributed by atoms with Gasteiger partial charge in [0, 0.05) is 17.1 Å². The minimum Gasteiger partial charge on any atom is -0.316 e. The molecule has 3 heteroatoms. The van der Waals surface area contributed by atoms with Gasteiger partial charge in [-0.1, -0.05) is 41.9 Å². The number of nitrogens with one attached hydrogen (secondary N) is 1. The molecule has 2 nitrogen and oxygen atoms in total. The molecule has 0 saturated carbocycles. The van der Waals surface area contributed by atoms with E-state index in [1.165, 1.54) is 44.5 Å². The molecule has 0 spiro atoms. The highest BCUT2D eigenvalue weighted by atomic mass is 79.9. The molecule has 0 radical (unpaired) electrons. The van der Waals surface area contributed by atoms with Gasteiger partial charge in [-0.2, -0.15) is 0 Å². The zero-order valence-electron chi connectivity index (χ0n) is 12.7. The average molecular weight is 339 g/mol. The lowest BCUT2D eigenvalue weighted by Gasteiger charge is -2.35. The highest BCUT2D eigenvalue weighted by Crippen LogP contribution is 2.27. The number of hydrogen-bond donors (Lipinski definition) is 1. The molecule has 1 fully saturated rings. The number of hydrogen-bond acceptors (Lipinski definition) is 2. The van der Waals surface area contributed by atoms with E-state index in [4.69, 9.17) is 0 Å². The topological polar surface area (TPSA) is 15.3 Å². The van der Waals surface area contributed by atoms with E-state index in [9.17, 15) is 0 Å². The van der Waals surface area contributed by atoms with Crippen LogP contribution in [-0.4, -0.2) is 31.1 Å². The largest absolute Gasteiger partial charge is 0.316 e. The molecule has 2 unspecified atom stereocenters. The Balaban J connectivity index is 2.04. The fraction of sp³-hybridized carbons (Fsp3) is 0.647. The third-order valence-electron chi connectivity index (χ3n) is 4.38. The van der Waals surface area contributed by atoms with Gasteiger partial charge in [-0.25, -0.2) is 0 Å². The number of rotatable bonds is 6. The van der Waals surface area contributed by atoms with Crippen LogP contribution >= 0.6 is 15.9 Å². The highest BCUT2D eigenvalue weighted by Gasteiger charge is 2.22. The van der Waals surface area contributed by atoms with Gasteiger partial charge >= 0.3 is 0 Å². The van der Waals surface area contributed by atoms with Crippen molar-refractivity contribution in [2.24, 2.45) is 5.92 Å². The van der Waals surface area contributed by atoms with E-state index in [1.54, 1.807) is 0 Å². The normalized spacial score (nSPS) is 21.1. The van der Waals surface area contributed by atoms with Crippen molar-refractivity contribution in [3.8, 4) is 0 Å². The Bertz CT molecular complexity index is 384. The van der Waals surface area contributed by atoms with Gasteiger partial charge in [0.25, 0.3) is 0 Å². The second kappa shape index (κ2) is 8.16. The summed E-state index contributed by atoms with van der Waals surface area (Å²) in [5.41, 5.74) is 1.45. The van der Waals surface area contributed by atoms with Gasteiger partial charge in [-0.3, -0.25) is 4.90 Å². The van der Waals surface area contributed by atoms with Crippen LogP contribution in [-0.2, 0) is 0 Å². The zero-order chi connectivity index (χ0) is 14.4. The van der Waals surface area contributed by atoms with Crippen molar-refractivity contribution >= 4 is 15.9 Å². The van der Waals surface area contributed by atoms with Crippen LogP contribution in [0.25, 0.3) is 0 Å². The standard InChI is InChI=1S/C17H27BrN2/c1-3-17(15-7-9-16(18)10-8-15)20(4-2)13-14-6-5-11-19-12-14/h7-10,14,17,19H,3-6,11-13H2,1-2H3. The highest BCUT2D eigenvalue weighted by molar-refractivity contribution is 9.10. The minimum atomic E-state index is 0.551. The van der Waals surface area contributed by atoms with Crippen LogP contribution in [0, 0.1) is 5.92 Å². The molecular weight excluding hydrogens is 312 g/mol. The lowest BCUT2D eigenvalue weighted by Crippen LogP contribution is -2.39. The lowest BCUT2D eigenvalue weighted by atomic mass is 9.96. The predicted molar refractivity (Wildman–Crippen MR) is 90.0 cm³/mol. The molecule has 1 aliphatic rings. The third-order valence-corrected chi connectivity index (χ3v) is 4.91. The maximum absolute atomic E-state index is 3.54.